The van der Waals surface area contributed by atoms with Gasteiger partial charge in [0.1, 0.15) is 0 Å². The molecular formula is C16H21N5O2. The average Bonchev–Trinajstić information content (AvgIpc) is 3.04. The zero-order chi connectivity index (χ0) is 16.0. The highest BCUT2D eigenvalue weighted by Gasteiger charge is 2.36. The number of ether oxygens (including phenoxy) is 1. The molecule has 0 saturated carbocycles. The molecule has 0 amide bonds. The fraction of sp³-hybridized carbons (Fsp3) is 0.562. The van der Waals surface area contributed by atoms with Crippen molar-refractivity contribution < 1.29 is 4.74 Å². The molecule has 0 aromatic carbocycles. The maximum atomic E-state index is 12.1. The van der Waals surface area contributed by atoms with Gasteiger partial charge in [0.25, 0.3) is 0 Å². The summed E-state index contributed by atoms with van der Waals surface area (Å²) < 4.78 is 7.94. The quantitative estimate of drug-likeness (QED) is 0.892. The number of piperidine rings is 1. The summed E-state index contributed by atoms with van der Waals surface area (Å²) in [6.07, 6.45) is 4.76. The number of hydrogen-bond acceptors (Lipinski definition) is 5. The van der Waals surface area contributed by atoms with Crippen LogP contribution in [0.2, 0.25) is 0 Å². The minimum Gasteiger partial charge on any atom is -0.370 e. The highest BCUT2D eigenvalue weighted by molar-refractivity contribution is 5.23. The van der Waals surface area contributed by atoms with E-state index in [4.69, 9.17) is 4.74 Å². The summed E-state index contributed by atoms with van der Waals surface area (Å²) in [4.78, 5) is 17.7. The van der Waals surface area contributed by atoms with Crippen molar-refractivity contribution in [3.8, 4) is 0 Å². The lowest BCUT2D eigenvalue weighted by molar-refractivity contribution is -0.0671. The van der Waals surface area contributed by atoms with Crippen LogP contribution in [0, 0.1) is 13.8 Å². The van der Waals surface area contributed by atoms with E-state index in [0.29, 0.717) is 6.61 Å². The van der Waals surface area contributed by atoms with E-state index in [-0.39, 0.29) is 17.6 Å². The van der Waals surface area contributed by atoms with Crippen molar-refractivity contribution in [1.29, 1.82) is 0 Å². The van der Waals surface area contributed by atoms with Gasteiger partial charge in [0.15, 0.2) is 5.43 Å². The predicted octanol–water partition coefficient (Wildman–Crippen LogP) is 0.929. The summed E-state index contributed by atoms with van der Waals surface area (Å²) in [5.74, 6) is 0. The van der Waals surface area contributed by atoms with Crippen molar-refractivity contribution in [1.82, 2.24) is 24.9 Å². The number of fused-ring (bicyclic) bond motifs is 3. The Balaban J connectivity index is 1.55. The molecule has 0 radical (unpaired) electrons. The van der Waals surface area contributed by atoms with Crippen LogP contribution in [0.5, 0.6) is 0 Å². The van der Waals surface area contributed by atoms with Crippen molar-refractivity contribution in [3.63, 3.8) is 0 Å². The summed E-state index contributed by atoms with van der Waals surface area (Å²) in [7, 11) is 0. The molecule has 122 valence electrons. The molecule has 2 atom stereocenters. The summed E-state index contributed by atoms with van der Waals surface area (Å²) in [6.45, 7) is 6.89. The van der Waals surface area contributed by atoms with E-state index in [0.717, 1.165) is 48.6 Å². The number of aromatic amines is 1. The molecule has 2 aromatic rings. The first kappa shape index (κ1) is 14.6. The molecule has 7 heteroatoms. The molecule has 1 saturated heterocycles. The number of pyridine rings is 1. The van der Waals surface area contributed by atoms with Gasteiger partial charge in [-0.15, -0.1) is 5.10 Å². The fourth-order valence-electron chi connectivity index (χ4n) is 3.58. The molecule has 1 N–H and O–H groups in total. The van der Waals surface area contributed by atoms with Crippen LogP contribution in [-0.4, -0.2) is 44.1 Å². The summed E-state index contributed by atoms with van der Waals surface area (Å²) >= 11 is 0. The Hall–Kier alpha value is -1.99. The van der Waals surface area contributed by atoms with Crippen molar-refractivity contribution in [2.24, 2.45) is 0 Å². The summed E-state index contributed by atoms with van der Waals surface area (Å²) in [5.41, 5.74) is 3.74. The number of likely N-dealkylation sites (tertiary alicyclic amines) is 1. The molecule has 23 heavy (non-hydrogen) atoms. The molecular weight excluding hydrogens is 294 g/mol. The molecule has 0 spiro atoms. The largest absolute Gasteiger partial charge is 0.370 e. The Bertz CT molecular complexity index is 781. The maximum absolute atomic E-state index is 12.1. The Kier molecular flexibility index (Phi) is 3.54. The van der Waals surface area contributed by atoms with Crippen LogP contribution in [0.4, 0.5) is 0 Å². The standard InChI is InChI=1S/C16H21N5O2/c1-10-5-17-13(11(2)16(10)22)7-20-4-3-15-14(8-20)21-12(9-23-15)6-18-19-21/h5-6,14-15H,3-4,7-9H2,1-2H3,(H,17,22)/t14-,15-/m1/s1. The van der Waals surface area contributed by atoms with Gasteiger partial charge < -0.3 is 9.72 Å². The number of aromatic nitrogens is 4. The van der Waals surface area contributed by atoms with Gasteiger partial charge in [-0.05, 0) is 20.3 Å². The number of nitrogens with one attached hydrogen (secondary N) is 1. The number of rotatable bonds is 2. The van der Waals surface area contributed by atoms with Crippen LogP contribution in [0.1, 0.15) is 35.0 Å². The smallest absolute Gasteiger partial charge is 0.187 e. The molecule has 4 heterocycles. The van der Waals surface area contributed by atoms with Gasteiger partial charge in [-0.25, -0.2) is 4.68 Å². The van der Waals surface area contributed by atoms with Gasteiger partial charge in [0.05, 0.1) is 30.6 Å². The van der Waals surface area contributed by atoms with Crippen LogP contribution in [0.15, 0.2) is 17.2 Å². The van der Waals surface area contributed by atoms with Crippen LogP contribution < -0.4 is 5.43 Å². The Morgan fingerprint density at radius 3 is 3.17 bits per heavy atom. The van der Waals surface area contributed by atoms with E-state index >= 15 is 0 Å². The lowest BCUT2D eigenvalue weighted by Crippen LogP contribution is -2.47. The molecule has 4 rings (SSSR count). The van der Waals surface area contributed by atoms with Gasteiger partial charge in [0, 0.05) is 42.7 Å². The fourth-order valence-corrected chi connectivity index (χ4v) is 3.58. The Morgan fingerprint density at radius 2 is 2.30 bits per heavy atom. The van der Waals surface area contributed by atoms with Crippen molar-refractivity contribution in [2.75, 3.05) is 13.1 Å². The lowest BCUT2D eigenvalue weighted by atomic mass is 10.00. The first-order valence-electron chi connectivity index (χ1n) is 8.04. The predicted molar refractivity (Wildman–Crippen MR) is 84.1 cm³/mol. The van der Waals surface area contributed by atoms with Gasteiger partial charge in [-0.2, -0.15) is 0 Å². The van der Waals surface area contributed by atoms with E-state index in [1.165, 1.54) is 0 Å². The number of aryl methyl sites for hydroxylation is 1. The van der Waals surface area contributed by atoms with Crippen LogP contribution in [0.25, 0.3) is 0 Å². The first-order valence-corrected chi connectivity index (χ1v) is 8.04. The highest BCUT2D eigenvalue weighted by Crippen LogP contribution is 2.30. The monoisotopic (exact) mass is 315 g/mol. The van der Waals surface area contributed by atoms with Gasteiger partial charge in [0.2, 0.25) is 0 Å². The third kappa shape index (κ3) is 2.49. The second-order valence-corrected chi connectivity index (χ2v) is 6.51. The topological polar surface area (TPSA) is 76.0 Å². The number of nitrogens with zero attached hydrogens (tertiary/aromatic N) is 4. The van der Waals surface area contributed by atoms with Crippen molar-refractivity contribution in [3.05, 3.63) is 45.1 Å². The minimum absolute atomic E-state index is 0.133. The van der Waals surface area contributed by atoms with Gasteiger partial charge in [-0.1, -0.05) is 5.21 Å². The van der Waals surface area contributed by atoms with Gasteiger partial charge >= 0.3 is 0 Å². The van der Waals surface area contributed by atoms with Crippen LogP contribution >= 0.6 is 0 Å². The Morgan fingerprint density at radius 1 is 1.43 bits per heavy atom. The first-order chi connectivity index (χ1) is 11.1. The normalized spacial score (nSPS) is 24.3. The van der Waals surface area contributed by atoms with Crippen molar-refractivity contribution in [2.45, 2.75) is 45.6 Å². The summed E-state index contributed by atoms with van der Waals surface area (Å²) in [6, 6.07) is 0.201. The SMILES string of the molecule is Cc1c[nH]c(CN2CC[C@H]3OCc4cnnn4[C@@H]3C2)c(C)c1=O. The molecule has 7 nitrogen and oxygen atoms in total. The maximum Gasteiger partial charge on any atom is 0.187 e. The second kappa shape index (κ2) is 5.58. The van der Waals surface area contributed by atoms with E-state index < -0.39 is 0 Å². The van der Waals surface area contributed by atoms with Crippen LogP contribution in [0.3, 0.4) is 0 Å². The van der Waals surface area contributed by atoms with E-state index in [1.807, 2.05) is 18.5 Å². The number of hydrogen-bond donors (Lipinski definition) is 1. The molecule has 0 unspecified atom stereocenters. The van der Waals surface area contributed by atoms with E-state index in [1.54, 1.807) is 12.4 Å². The average molecular weight is 315 g/mol. The number of H-pyrrole nitrogens is 1. The zero-order valence-corrected chi connectivity index (χ0v) is 13.5. The second-order valence-electron chi connectivity index (χ2n) is 6.51. The molecule has 2 aliphatic heterocycles. The third-order valence-corrected chi connectivity index (χ3v) is 5.01. The zero-order valence-electron chi connectivity index (χ0n) is 13.5. The molecule has 2 aromatic heterocycles. The minimum atomic E-state index is 0.133. The lowest BCUT2D eigenvalue weighted by Gasteiger charge is -2.41. The third-order valence-electron chi connectivity index (χ3n) is 5.01. The molecule has 1 fully saturated rings. The molecule has 2 aliphatic rings. The van der Waals surface area contributed by atoms with Crippen molar-refractivity contribution >= 4 is 0 Å². The molecule has 0 bridgehead atoms. The van der Waals surface area contributed by atoms with E-state index in [9.17, 15) is 4.79 Å². The molecule has 0 aliphatic carbocycles. The highest BCUT2D eigenvalue weighted by atomic mass is 16.5. The summed E-state index contributed by atoms with van der Waals surface area (Å²) in [5, 5.41) is 8.23. The van der Waals surface area contributed by atoms with Gasteiger partial charge in [-0.3, -0.25) is 9.69 Å². The Labute approximate surface area is 134 Å². The van der Waals surface area contributed by atoms with E-state index in [2.05, 4.69) is 20.2 Å². The van der Waals surface area contributed by atoms with Crippen LogP contribution in [-0.2, 0) is 17.9 Å².